The van der Waals surface area contributed by atoms with Gasteiger partial charge >= 0.3 is 6.03 Å². The van der Waals surface area contributed by atoms with Crippen molar-refractivity contribution in [2.24, 2.45) is 0 Å². The largest absolute Gasteiger partial charge is 0.508 e. The zero-order valence-electron chi connectivity index (χ0n) is 24.4. The topological polar surface area (TPSA) is 125 Å². The van der Waals surface area contributed by atoms with Crippen LogP contribution in [-0.2, 0) is 18.4 Å². The predicted octanol–water partition coefficient (Wildman–Crippen LogP) is 6.82. The third-order valence-corrected chi connectivity index (χ3v) is 7.20. The van der Waals surface area contributed by atoms with Gasteiger partial charge in [-0.25, -0.2) is 14.8 Å². The number of anilines is 2. The molecular formula is C33H36N6O3. The number of aromatic hydroxyl groups is 1. The summed E-state index contributed by atoms with van der Waals surface area (Å²) in [4.78, 5) is 39.7. The van der Waals surface area contributed by atoms with Gasteiger partial charge in [-0.3, -0.25) is 9.36 Å². The number of carbonyl (C=O) groups is 1. The molecule has 0 aliphatic carbocycles. The molecule has 0 bridgehead atoms. The molecule has 0 saturated carbocycles. The van der Waals surface area contributed by atoms with E-state index in [9.17, 15) is 14.7 Å². The Morgan fingerprint density at radius 2 is 1.86 bits per heavy atom. The van der Waals surface area contributed by atoms with Crippen molar-refractivity contribution in [3.63, 3.8) is 0 Å². The second-order valence-electron chi connectivity index (χ2n) is 11.4. The molecule has 2 amide bonds. The number of aromatic amines is 1. The lowest BCUT2D eigenvalue weighted by Crippen LogP contribution is -2.30. The molecule has 5 aromatic rings. The summed E-state index contributed by atoms with van der Waals surface area (Å²) in [6.07, 6.45) is 7.39. The lowest BCUT2D eigenvalue weighted by molar-refractivity contribution is 0.262. The number of nitrogens with one attached hydrogen (secondary N) is 3. The summed E-state index contributed by atoms with van der Waals surface area (Å²) in [5.74, 6) is 0.875. The van der Waals surface area contributed by atoms with Crippen LogP contribution in [0.5, 0.6) is 5.75 Å². The van der Waals surface area contributed by atoms with E-state index in [-0.39, 0.29) is 22.4 Å². The Morgan fingerprint density at radius 3 is 2.57 bits per heavy atom. The number of nitrogens with zero attached hydrogens (tertiary/aromatic N) is 3. The number of rotatable bonds is 8. The summed E-state index contributed by atoms with van der Waals surface area (Å²) in [6, 6.07) is 15.8. The van der Waals surface area contributed by atoms with Crippen molar-refractivity contribution in [1.82, 2.24) is 19.5 Å². The normalized spacial score (nSPS) is 11.5. The third-order valence-electron chi connectivity index (χ3n) is 7.20. The van der Waals surface area contributed by atoms with Gasteiger partial charge in [0.2, 0.25) is 0 Å². The predicted molar refractivity (Wildman–Crippen MR) is 167 cm³/mol. The summed E-state index contributed by atoms with van der Waals surface area (Å²) in [5.41, 5.74) is 3.73. The number of phenolic OH excluding ortho intramolecular Hbond substituents is 1. The van der Waals surface area contributed by atoms with E-state index in [2.05, 4.69) is 53.3 Å². The third kappa shape index (κ3) is 6.05. The van der Waals surface area contributed by atoms with Crippen molar-refractivity contribution < 1.29 is 9.90 Å². The number of imidazole rings is 1. The van der Waals surface area contributed by atoms with E-state index >= 15 is 0 Å². The Hall–Kier alpha value is -4.92. The fourth-order valence-corrected chi connectivity index (χ4v) is 5.19. The number of H-pyrrole nitrogens is 1. The van der Waals surface area contributed by atoms with E-state index in [1.54, 1.807) is 53.5 Å². The van der Waals surface area contributed by atoms with Crippen LogP contribution in [0.4, 0.5) is 16.2 Å². The Balaban J connectivity index is 1.60. The highest BCUT2D eigenvalue weighted by Gasteiger charge is 2.23. The highest BCUT2D eigenvalue weighted by molar-refractivity contribution is 6.07. The maximum absolute atomic E-state index is 14.0. The summed E-state index contributed by atoms with van der Waals surface area (Å²) in [5, 5.41) is 16.9. The number of pyridine rings is 2. The van der Waals surface area contributed by atoms with Crippen LogP contribution < -0.4 is 16.2 Å². The second kappa shape index (κ2) is 11.9. The zero-order valence-corrected chi connectivity index (χ0v) is 24.4. The van der Waals surface area contributed by atoms with Crippen LogP contribution in [0.15, 0.2) is 78.0 Å². The monoisotopic (exact) mass is 564 g/mol. The molecule has 0 saturated heterocycles. The van der Waals surface area contributed by atoms with Crippen LogP contribution in [0.25, 0.3) is 22.2 Å². The lowest BCUT2D eigenvalue weighted by atomic mass is 9.85. The minimum absolute atomic E-state index is 0.0540. The van der Waals surface area contributed by atoms with Gasteiger partial charge in [-0.05, 0) is 58.9 Å². The molecular weight excluding hydrogens is 528 g/mol. The first kappa shape index (κ1) is 28.6. The summed E-state index contributed by atoms with van der Waals surface area (Å²) < 4.78 is 1.62. The molecule has 3 aromatic heterocycles. The molecule has 0 spiro atoms. The van der Waals surface area contributed by atoms with Crippen molar-refractivity contribution in [2.45, 2.75) is 58.9 Å². The minimum Gasteiger partial charge on any atom is -0.508 e. The molecule has 2 aromatic carbocycles. The Bertz CT molecular complexity index is 1780. The molecule has 0 unspecified atom stereocenters. The first-order chi connectivity index (χ1) is 20.2. The van der Waals surface area contributed by atoms with Crippen molar-refractivity contribution in [3.05, 3.63) is 100 Å². The molecule has 0 fully saturated rings. The average Bonchev–Trinajstić information content (AvgIpc) is 3.45. The van der Waals surface area contributed by atoms with Crippen LogP contribution in [0, 0.1) is 0 Å². The molecule has 216 valence electrons. The first-order valence-corrected chi connectivity index (χ1v) is 14.2. The zero-order chi connectivity index (χ0) is 29.9. The molecule has 0 aliphatic rings. The summed E-state index contributed by atoms with van der Waals surface area (Å²) >= 11 is 0. The highest BCUT2D eigenvalue weighted by Crippen LogP contribution is 2.35. The van der Waals surface area contributed by atoms with Gasteiger partial charge < -0.3 is 20.7 Å². The van der Waals surface area contributed by atoms with Crippen molar-refractivity contribution in [2.75, 3.05) is 10.6 Å². The number of hydrogen-bond donors (Lipinski definition) is 4. The van der Waals surface area contributed by atoms with Gasteiger partial charge in [0, 0.05) is 48.2 Å². The molecule has 42 heavy (non-hydrogen) atoms. The summed E-state index contributed by atoms with van der Waals surface area (Å²) in [6.45, 7) is 8.77. The van der Waals surface area contributed by atoms with Gasteiger partial charge in [0.1, 0.15) is 22.9 Å². The van der Waals surface area contributed by atoms with Gasteiger partial charge in [-0.1, -0.05) is 58.4 Å². The number of phenols is 1. The van der Waals surface area contributed by atoms with Crippen LogP contribution in [0.2, 0.25) is 0 Å². The lowest BCUT2D eigenvalue weighted by Gasteiger charge is -2.24. The number of aryl methyl sites for hydroxylation is 1. The van der Waals surface area contributed by atoms with Gasteiger partial charge in [0.05, 0.1) is 0 Å². The van der Waals surface area contributed by atoms with E-state index in [1.807, 2.05) is 24.3 Å². The minimum atomic E-state index is -0.542. The van der Waals surface area contributed by atoms with Crippen LogP contribution in [0.1, 0.15) is 57.5 Å². The quantitative estimate of drug-likeness (QED) is 0.164. The van der Waals surface area contributed by atoms with Gasteiger partial charge in [0.15, 0.2) is 0 Å². The van der Waals surface area contributed by atoms with Gasteiger partial charge in [-0.15, -0.1) is 0 Å². The number of fused-ring (bicyclic) bond motifs is 1. The molecule has 3 heterocycles. The maximum atomic E-state index is 14.0. The van der Waals surface area contributed by atoms with Crippen molar-refractivity contribution in [1.29, 1.82) is 0 Å². The van der Waals surface area contributed by atoms with E-state index in [0.29, 0.717) is 40.8 Å². The van der Waals surface area contributed by atoms with Crippen LogP contribution in [0.3, 0.4) is 0 Å². The number of amides is 2. The first-order valence-electron chi connectivity index (χ1n) is 14.2. The highest BCUT2D eigenvalue weighted by atomic mass is 16.3. The van der Waals surface area contributed by atoms with Crippen molar-refractivity contribution >= 4 is 28.4 Å². The number of aromatic nitrogens is 4. The molecule has 0 aliphatic heterocycles. The molecule has 0 atom stereocenters. The van der Waals surface area contributed by atoms with E-state index in [1.165, 1.54) is 0 Å². The number of carbonyl (C=O) groups excluding carboxylic acids is 1. The number of unbranched alkanes of at least 4 members (excludes halogenated alkanes) is 1. The SMILES string of the molecule is CCCCn1c(=O)c(NC(=O)Nc2cc(Cc3ncc[nH]3)ccc2C(C)(C)C)c(-c2cccc(O)c2)c2cccnc21. The van der Waals surface area contributed by atoms with E-state index in [4.69, 9.17) is 0 Å². The Kier molecular flexibility index (Phi) is 8.10. The van der Waals surface area contributed by atoms with Crippen LogP contribution >= 0.6 is 0 Å². The molecule has 9 nitrogen and oxygen atoms in total. The van der Waals surface area contributed by atoms with E-state index < -0.39 is 6.03 Å². The fourth-order valence-electron chi connectivity index (χ4n) is 5.19. The average molecular weight is 565 g/mol. The van der Waals surface area contributed by atoms with Crippen molar-refractivity contribution in [3.8, 4) is 16.9 Å². The molecule has 5 rings (SSSR count). The molecule has 0 radical (unpaired) electrons. The molecule has 9 heteroatoms. The second-order valence-corrected chi connectivity index (χ2v) is 11.4. The summed E-state index contributed by atoms with van der Waals surface area (Å²) in [7, 11) is 0. The van der Waals surface area contributed by atoms with Gasteiger partial charge in [-0.2, -0.15) is 0 Å². The van der Waals surface area contributed by atoms with E-state index in [0.717, 1.165) is 29.8 Å². The van der Waals surface area contributed by atoms with Crippen LogP contribution in [-0.4, -0.2) is 30.7 Å². The van der Waals surface area contributed by atoms with Gasteiger partial charge in [0.25, 0.3) is 5.56 Å². The standard InChI is InChI=1S/C33H36N6O3/c1-5-6-17-39-30-24(11-8-14-36-30)28(22-9-7-10-23(40)20-22)29(31(39)41)38-32(42)37-26-18-21(19-27-34-15-16-35-27)12-13-25(26)33(2,3)4/h7-16,18,20,40H,5-6,17,19H2,1-4H3,(H,34,35)(H2,37,38,42). The Morgan fingerprint density at radius 1 is 1.02 bits per heavy atom. The maximum Gasteiger partial charge on any atom is 0.323 e. The fraction of sp³-hybridized carbons (Fsp3) is 0.273. The number of urea groups is 1. The number of hydrogen-bond acceptors (Lipinski definition) is 5. The molecule has 4 N–H and O–H groups in total. The Labute approximate surface area is 244 Å². The number of benzene rings is 2. The smallest absolute Gasteiger partial charge is 0.323 e.